The third-order valence-corrected chi connectivity index (χ3v) is 2.49. The summed E-state index contributed by atoms with van der Waals surface area (Å²) in [7, 11) is 0. The maximum atomic E-state index is 10.4. The molecule has 0 saturated carbocycles. The smallest absolute Gasteiger partial charge is 0.303 e. The maximum Gasteiger partial charge on any atom is 0.303 e. The Morgan fingerprint density at radius 1 is 1.56 bits per heavy atom. The number of hydrogen-bond acceptors (Lipinski definition) is 6. The van der Waals surface area contributed by atoms with E-state index >= 15 is 0 Å². The van der Waals surface area contributed by atoms with Gasteiger partial charge < -0.3 is 10.4 Å². The van der Waals surface area contributed by atoms with Crippen molar-refractivity contribution in [3.63, 3.8) is 0 Å². The van der Waals surface area contributed by atoms with E-state index in [0.29, 0.717) is 17.9 Å². The average Bonchev–Trinajstić information content (AvgIpc) is 2.75. The van der Waals surface area contributed by atoms with Crippen LogP contribution in [0.15, 0.2) is 12.1 Å². The third-order valence-electron chi connectivity index (χ3n) is 2.49. The molecular formula is C10H14N6O2. The van der Waals surface area contributed by atoms with Crippen LogP contribution in [0.3, 0.4) is 0 Å². The van der Waals surface area contributed by atoms with Crippen molar-refractivity contribution in [2.24, 2.45) is 0 Å². The lowest BCUT2D eigenvalue weighted by Crippen LogP contribution is -2.17. The van der Waals surface area contributed by atoms with Crippen molar-refractivity contribution in [1.82, 2.24) is 25.3 Å². The topological polar surface area (TPSA) is 105 Å². The van der Waals surface area contributed by atoms with Gasteiger partial charge in [-0.3, -0.25) is 4.79 Å². The van der Waals surface area contributed by atoms with Crippen LogP contribution in [0.25, 0.3) is 5.65 Å². The second-order valence-electron chi connectivity index (χ2n) is 4.08. The summed E-state index contributed by atoms with van der Waals surface area (Å²) >= 11 is 0. The summed E-state index contributed by atoms with van der Waals surface area (Å²) < 4.78 is 1.34. The van der Waals surface area contributed by atoms with Gasteiger partial charge in [-0.2, -0.15) is 0 Å². The Kier molecular flexibility index (Phi) is 3.66. The van der Waals surface area contributed by atoms with E-state index in [2.05, 4.69) is 25.9 Å². The largest absolute Gasteiger partial charge is 0.481 e. The Balaban J connectivity index is 1.89. The van der Waals surface area contributed by atoms with Crippen LogP contribution in [0.2, 0.25) is 0 Å². The van der Waals surface area contributed by atoms with Gasteiger partial charge in [0.15, 0.2) is 5.65 Å². The maximum absolute atomic E-state index is 10.4. The molecule has 18 heavy (non-hydrogen) atoms. The van der Waals surface area contributed by atoms with Crippen molar-refractivity contribution in [3.8, 4) is 0 Å². The van der Waals surface area contributed by atoms with Gasteiger partial charge in [0.2, 0.25) is 0 Å². The summed E-state index contributed by atoms with van der Waals surface area (Å²) in [5, 5.41) is 26.9. The number of rotatable bonds is 6. The number of carboxylic acids is 1. The van der Waals surface area contributed by atoms with Crippen LogP contribution in [-0.2, 0) is 4.79 Å². The summed E-state index contributed by atoms with van der Waals surface area (Å²) in [6.07, 6.45) is 1.59. The van der Waals surface area contributed by atoms with Gasteiger partial charge in [0.05, 0.1) is 0 Å². The molecule has 2 aromatic rings. The zero-order valence-corrected chi connectivity index (χ0v) is 9.94. The highest BCUT2D eigenvalue weighted by atomic mass is 16.4. The van der Waals surface area contributed by atoms with Crippen LogP contribution < -0.4 is 5.32 Å². The Morgan fingerprint density at radius 3 is 3.17 bits per heavy atom. The molecule has 1 atom stereocenters. The fourth-order valence-electron chi connectivity index (χ4n) is 1.61. The second-order valence-corrected chi connectivity index (χ2v) is 4.08. The van der Waals surface area contributed by atoms with Gasteiger partial charge >= 0.3 is 5.97 Å². The Hall–Kier alpha value is -2.25. The predicted molar refractivity (Wildman–Crippen MR) is 63.1 cm³/mol. The average molecular weight is 250 g/mol. The molecule has 2 heterocycles. The van der Waals surface area contributed by atoms with Gasteiger partial charge in [0.1, 0.15) is 5.82 Å². The number of aromatic nitrogens is 5. The van der Waals surface area contributed by atoms with Gasteiger partial charge in [0.25, 0.3) is 0 Å². The van der Waals surface area contributed by atoms with Crippen LogP contribution in [0.1, 0.15) is 26.2 Å². The minimum absolute atomic E-state index is 0.144. The van der Waals surface area contributed by atoms with Crippen LogP contribution in [0.5, 0.6) is 0 Å². The summed E-state index contributed by atoms with van der Waals surface area (Å²) in [5.74, 6) is -0.104. The first kappa shape index (κ1) is 12.2. The quantitative estimate of drug-likeness (QED) is 0.772. The fourth-order valence-corrected chi connectivity index (χ4v) is 1.61. The first-order valence-electron chi connectivity index (χ1n) is 5.69. The number of tetrazole rings is 1. The SMILES string of the molecule is CC(CCCC(=O)O)Nc1ccc2nnnn2n1. The van der Waals surface area contributed by atoms with Crippen molar-refractivity contribution >= 4 is 17.4 Å². The molecule has 0 radical (unpaired) electrons. The number of anilines is 1. The molecule has 0 amide bonds. The monoisotopic (exact) mass is 250 g/mol. The number of nitrogens with one attached hydrogen (secondary N) is 1. The highest BCUT2D eigenvalue weighted by Gasteiger charge is 2.06. The molecule has 0 aliphatic rings. The molecule has 0 saturated heterocycles. The van der Waals surface area contributed by atoms with Crippen molar-refractivity contribution in [1.29, 1.82) is 0 Å². The second kappa shape index (κ2) is 5.39. The van der Waals surface area contributed by atoms with Crippen LogP contribution in [0.4, 0.5) is 5.82 Å². The first-order valence-corrected chi connectivity index (χ1v) is 5.69. The van der Waals surface area contributed by atoms with Gasteiger partial charge in [-0.1, -0.05) is 0 Å². The summed E-state index contributed by atoms with van der Waals surface area (Å²) in [6.45, 7) is 1.98. The molecular weight excluding hydrogens is 236 g/mol. The van der Waals surface area contributed by atoms with Crippen molar-refractivity contribution < 1.29 is 9.90 Å². The number of nitrogens with zero attached hydrogens (tertiary/aromatic N) is 5. The summed E-state index contributed by atoms with van der Waals surface area (Å²) in [5.41, 5.74) is 0.582. The Morgan fingerprint density at radius 2 is 2.39 bits per heavy atom. The normalized spacial score (nSPS) is 12.5. The highest BCUT2D eigenvalue weighted by molar-refractivity contribution is 5.66. The number of fused-ring (bicyclic) bond motifs is 1. The third kappa shape index (κ3) is 3.12. The molecule has 2 rings (SSSR count). The Bertz CT molecular complexity index is 540. The summed E-state index contributed by atoms with van der Waals surface area (Å²) in [4.78, 5) is 10.4. The number of aliphatic carboxylic acids is 1. The Labute approximate surface area is 103 Å². The predicted octanol–water partition coefficient (Wildman–Crippen LogP) is 0.575. The lowest BCUT2D eigenvalue weighted by Gasteiger charge is -2.13. The van der Waals surface area contributed by atoms with Gasteiger partial charge in [0, 0.05) is 12.5 Å². The highest BCUT2D eigenvalue weighted by Crippen LogP contribution is 2.09. The van der Waals surface area contributed by atoms with E-state index in [0.717, 1.165) is 6.42 Å². The molecule has 0 aliphatic carbocycles. The van der Waals surface area contributed by atoms with Gasteiger partial charge in [-0.25, -0.2) is 0 Å². The summed E-state index contributed by atoms with van der Waals surface area (Å²) in [6, 6.07) is 3.70. The number of hydrogen-bond donors (Lipinski definition) is 2. The molecule has 8 nitrogen and oxygen atoms in total. The van der Waals surface area contributed by atoms with Crippen molar-refractivity contribution in [3.05, 3.63) is 12.1 Å². The minimum Gasteiger partial charge on any atom is -0.481 e. The zero-order valence-electron chi connectivity index (χ0n) is 9.94. The lowest BCUT2D eigenvalue weighted by molar-refractivity contribution is -0.137. The molecule has 1 unspecified atom stereocenters. The van der Waals surface area contributed by atoms with Crippen molar-refractivity contribution in [2.45, 2.75) is 32.2 Å². The minimum atomic E-state index is -0.768. The molecule has 2 N–H and O–H groups in total. The molecule has 0 bridgehead atoms. The standard InChI is InChI=1S/C10H14N6O2/c1-7(3-2-4-10(17)18)11-8-5-6-9-12-14-15-16(9)13-8/h5-7H,2-4H2,1H3,(H,11,13)(H,17,18). The van der Waals surface area contributed by atoms with Crippen LogP contribution in [0, 0.1) is 0 Å². The number of carboxylic acid groups (broad SMARTS) is 1. The van der Waals surface area contributed by atoms with Crippen molar-refractivity contribution in [2.75, 3.05) is 5.32 Å². The van der Waals surface area contributed by atoms with Gasteiger partial charge in [-0.05, 0) is 42.3 Å². The molecule has 2 aromatic heterocycles. The van der Waals surface area contributed by atoms with E-state index in [1.807, 2.05) is 6.92 Å². The van der Waals surface area contributed by atoms with E-state index in [-0.39, 0.29) is 12.5 Å². The molecule has 0 spiro atoms. The molecule has 96 valence electrons. The fraction of sp³-hybridized carbons (Fsp3) is 0.500. The van der Waals surface area contributed by atoms with E-state index < -0.39 is 5.97 Å². The van der Waals surface area contributed by atoms with Crippen LogP contribution in [-0.4, -0.2) is 42.4 Å². The van der Waals surface area contributed by atoms with E-state index in [1.54, 1.807) is 12.1 Å². The lowest BCUT2D eigenvalue weighted by atomic mass is 10.1. The molecule has 0 aliphatic heterocycles. The number of carbonyl (C=O) groups is 1. The first-order chi connectivity index (χ1) is 8.65. The van der Waals surface area contributed by atoms with Crippen LogP contribution >= 0.6 is 0 Å². The molecule has 8 heteroatoms. The van der Waals surface area contributed by atoms with E-state index in [1.165, 1.54) is 4.63 Å². The van der Waals surface area contributed by atoms with Gasteiger partial charge in [-0.15, -0.1) is 14.8 Å². The zero-order chi connectivity index (χ0) is 13.0. The molecule has 0 aromatic carbocycles. The van der Waals surface area contributed by atoms with E-state index in [9.17, 15) is 4.79 Å². The van der Waals surface area contributed by atoms with E-state index in [4.69, 9.17) is 5.11 Å². The molecule has 0 fully saturated rings.